The van der Waals surface area contributed by atoms with Gasteiger partial charge in [0.1, 0.15) is 12.4 Å². The van der Waals surface area contributed by atoms with Crippen LogP contribution in [0.3, 0.4) is 0 Å². The van der Waals surface area contributed by atoms with Crippen molar-refractivity contribution in [1.29, 1.82) is 0 Å². The molecular weight excluding hydrogens is 282 g/mol. The predicted molar refractivity (Wildman–Crippen MR) is 85.9 cm³/mol. The molecule has 0 radical (unpaired) electrons. The Labute approximate surface area is 132 Å². The van der Waals surface area contributed by atoms with Crippen LogP contribution in [0.4, 0.5) is 0 Å². The fourth-order valence-corrected chi connectivity index (χ4v) is 1.95. The number of nitrogens with one attached hydrogen (secondary N) is 2. The van der Waals surface area contributed by atoms with Gasteiger partial charge in [-0.05, 0) is 37.3 Å². The van der Waals surface area contributed by atoms with Crippen molar-refractivity contribution >= 4 is 5.96 Å². The molecule has 0 bridgehead atoms. The van der Waals surface area contributed by atoms with Gasteiger partial charge >= 0.3 is 0 Å². The van der Waals surface area contributed by atoms with Gasteiger partial charge in [0.2, 0.25) is 0 Å². The summed E-state index contributed by atoms with van der Waals surface area (Å²) in [6.45, 7) is 4.44. The SMILES string of the molecule is CN=C(NCCCOCc1ccco1)NCCOCC1CC1. The maximum absolute atomic E-state index is 5.57. The first-order valence-corrected chi connectivity index (χ1v) is 8.01. The van der Waals surface area contributed by atoms with Crippen LogP contribution >= 0.6 is 0 Å². The maximum Gasteiger partial charge on any atom is 0.191 e. The van der Waals surface area contributed by atoms with E-state index in [0.29, 0.717) is 13.2 Å². The Hall–Kier alpha value is -1.53. The minimum Gasteiger partial charge on any atom is -0.467 e. The molecule has 2 N–H and O–H groups in total. The summed E-state index contributed by atoms with van der Waals surface area (Å²) in [6, 6.07) is 3.78. The highest BCUT2D eigenvalue weighted by Gasteiger charge is 2.20. The van der Waals surface area contributed by atoms with E-state index in [9.17, 15) is 0 Å². The van der Waals surface area contributed by atoms with Crippen LogP contribution in [0, 0.1) is 5.92 Å². The van der Waals surface area contributed by atoms with Gasteiger partial charge in [-0.3, -0.25) is 4.99 Å². The topological polar surface area (TPSA) is 68.0 Å². The number of hydrogen-bond acceptors (Lipinski definition) is 4. The van der Waals surface area contributed by atoms with Gasteiger partial charge in [0.25, 0.3) is 0 Å². The summed E-state index contributed by atoms with van der Waals surface area (Å²) in [6.07, 6.45) is 5.24. The molecule has 6 nitrogen and oxygen atoms in total. The summed E-state index contributed by atoms with van der Waals surface area (Å²) in [5, 5.41) is 6.49. The Bertz CT molecular complexity index is 416. The molecule has 1 saturated carbocycles. The third-order valence-corrected chi connectivity index (χ3v) is 3.40. The molecule has 0 spiro atoms. The molecule has 1 fully saturated rings. The Morgan fingerprint density at radius 1 is 1.27 bits per heavy atom. The van der Waals surface area contributed by atoms with Crippen molar-refractivity contribution in [2.75, 3.05) is 40.0 Å². The number of rotatable bonds is 11. The molecule has 0 atom stereocenters. The van der Waals surface area contributed by atoms with Gasteiger partial charge in [0, 0.05) is 33.4 Å². The minimum absolute atomic E-state index is 0.526. The number of guanidine groups is 1. The van der Waals surface area contributed by atoms with Gasteiger partial charge in [-0.1, -0.05) is 0 Å². The molecule has 0 amide bonds. The average molecular weight is 309 g/mol. The summed E-state index contributed by atoms with van der Waals surface area (Å²) in [4.78, 5) is 4.17. The molecule has 124 valence electrons. The lowest BCUT2D eigenvalue weighted by Gasteiger charge is -2.12. The molecule has 1 heterocycles. The Kier molecular flexibility index (Phi) is 7.83. The lowest BCUT2D eigenvalue weighted by molar-refractivity contribution is 0.105. The summed E-state index contributed by atoms with van der Waals surface area (Å²) in [5.41, 5.74) is 0. The Morgan fingerprint density at radius 2 is 2.14 bits per heavy atom. The van der Waals surface area contributed by atoms with Crippen LogP contribution in [0.1, 0.15) is 25.0 Å². The highest BCUT2D eigenvalue weighted by atomic mass is 16.5. The van der Waals surface area contributed by atoms with E-state index in [2.05, 4.69) is 15.6 Å². The van der Waals surface area contributed by atoms with Gasteiger partial charge in [-0.15, -0.1) is 0 Å². The summed E-state index contributed by atoms with van der Waals surface area (Å²) >= 11 is 0. The summed E-state index contributed by atoms with van der Waals surface area (Å²) < 4.78 is 16.3. The van der Waals surface area contributed by atoms with E-state index < -0.39 is 0 Å². The largest absolute Gasteiger partial charge is 0.467 e. The second-order valence-corrected chi connectivity index (χ2v) is 5.43. The van der Waals surface area contributed by atoms with E-state index in [4.69, 9.17) is 13.9 Å². The van der Waals surface area contributed by atoms with Gasteiger partial charge in [0.15, 0.2) is 5.96 Å². The molecule has 2 rings (SSSR count). The first-order chi connectivity index (χ1) is 10.9. The van der Waals surface area contributed by atoms with Crippen LogP contribution in [-0.4, -0.2) is 45.9 Å². The van der Waals surface area contributed by atoms with Gasteiger partial charge in [-0.2, -0.15) is 0 Å². The third kappa shape index (κ3) is 7.47. The average Bonchev–Trinajstić information content (AvgIpc) is 3.21. The monoisotopic (exact) mass is 309 g/mol. The quantitative estimate of drug-likeness (QED) is 0.370. The number of ether oxygens (including phenoxy) is 2. The first-order valence-electron chi connectivity index (χ1n) is 8.01. The number of aliphatic imine (C=N–C) groups is 1. The lowest BCUT2D eigenvalue weighted by atomic mass is 10.4. The number of nitrogens with zero attached hydrogens (tertiary/aromatic N) is 1. The van der Waals surface area contributed by atoms with E-state index in [0.717, 1.165) is 50.4 Å². The van der Waals surface area contributed by atoms with E-state index in [1.165, 1.54) is 12.8 Å². The number of furan rings is 1. The highest BCUT2D eigenvalue weighted by Crippen LogP contribution is 2.28. The zero-order valence-corrected chi connectivity index (χ0v) is 13.3. The van der Waals surface area contributed by atoms with E-state index in [-0.39, 0.29) is 0 Å². The molecule has 6 heteroatoms. The summed E-state index contributed by atoms with van der Waals surface area (Å²) in [7, 11) is 1.77. The van der Waals surface area contributed by atoms with Gasteiger partial charge in [-0.25, -0.2) is 0 Å². The summed E-state index contributed by atoms with van der Waals surface area (Å²) in [5.74, 6) is 2.48. The molecular formula is C16H27N3O3. The molecule has 0 aromatic carbocycles. The van der Waals surface area contributed by atoms with Gasteiger partial charge in [0.05, 0.1) is 12.9 Å². The smallest absolute Gasteiger partial charge is 0.191 e. The van der Waals surface area contributed by atoms with E-state index >= 15 is 0 Å². The van der Waals surface area contributed by atoms with Crippen molar-refractivity contribution in [2.45, 2.75) is 25.9 Å². The zero-order valence-electron chi connectivity index (χ0n) is 13.3. The Balaban J connectivity index is 1.40. The number of hydrogen-bond donors (Lipinski definition) is 2. The van der Waals surface area contributed by atoms with Crippen LogP contribution in [0.25, 0.3) is 0 Å². The van der Waals surface area contributed by atoms with Crippen LogP contribution in [0.2, 0.25) is 0 Å². The normalized spacial score (nSPS) is 15.0. The van der Waals surface area contributed by atoms with Crippen LogP contribution in [0.15, 0.2) is 27.8 Å². The van der Waals surface area contributed by atoms with Crippen LogP contribution in [0.5, 0.6) is 0 Å². The van der Waals surface area contributed by atoms with Crippen molar-refractivity contribution in [3.8, 4) is 0 Å². The maximum atomic E-state index is 5.57. The molecule has 1 aliphatic rings. The minimum atomic E-state index is 0.526. The fourth-order valence-electron chi connectivity index (χ4n) is 1.95. The third-order valence-electron chi connectivity index (χ3n) is 3.40. The highest BCUT2D eigenvalue weighted by molar-refractivity contribution is 5.79. The van der Waals surface area contributed by atoms with Crippen molar-refractivity contribution in [1.82, 2.24) is 10.6 Å². The molecule has 0 aliphatic heterocycles. The Morgan fingerprint density at radius 3 is 2.86 bits per heavy atom. The molecule has 1 aromatic heterocycles. The standard InChI is InChI=1S/C16H27N3O3/c1-17-16(19-8-11-21-12-14-5-6-14)18-7-3-9-20-13-15-4-2-10-22-15/h2,4,10,14H,3,5-9,11-13H2,1H3,(H2,17,18,19). The van der Waals surface area contributed by atoms with Crippen molar-refractivity contribution < 1.29 is 13.9 Å². The molecule has 22 heavy (non-hydrogen) atoms. The van der Waals surface area contributed by atoms with Crippen molar-refractivity contribution in [2.24, 2.45) is 10.9 Å². The van der Waals surface area contributed by atoms with Crippen LogP contribution in [-0.2, 0) is 16.1 Å². The van der Waals surface area contributed by atoms with Gasteiger partial charge < -0.3 is 24.5 Å². The zero-order chi connectivity index (χ0) is 15.5. The van der Waals surface area contributed by atoms with E-state index in [1.807, 2.05) is 12.1 Å². The van der Waals surface area contributed by atoms with Crippen molar-refractivity contribution in [3.63, 3.8) is 0 Å². The first kappa shape index (κ1) is 16.8. The fraction of sp³-hybridized carbons (Fsp3) is 0.688. The molecule has 1 aromatic rings. The molecule has 0 saturated heterocycles. The van der Waals surface area contributed by atoms with Crippen molar-refractivity contribution in [3.05, 3.63) is 24.2 Å². The predicted octanol–water partition coefficient (Wildman–Crippen LogP) is 1.78. The lowest BCUT2D eigenvalue weighted by Crippen LogP contribution is -2.39. The second kappa shape index (κ2) is 10.2. The second-order valence-electron chi connectivity index (χ2n) is 5.43. The molecule has 1 aliphatic carbocycles. The molecule has 0 unspecified atom stereocenters. The van der Waals surface area contributed by atoms with E-state index in [1.54, 1.807) is 13.3 Å². The van der Waals surface area contributed by atoms with Crippen LogP contribution < -0.4 is 10.6 Å².